The Morgan fingerprint density at radius 1 is 0.957 bits per heavy atom. The fourth-order valence-corrected chi connectivity index (χ4v) is 2.89. The molecule has 2 rings (SSSR count). The number of aryl methyl sites for hydroxylation is 2. The topological polar surface area (TPSA) is 58.2 Å². The maximum absolute atomic E-state index is 11.9. The number of imide groups is 1. The fourth-order valence-electron chi connectivity index (χ4n) is 2.06. The number of thioether (sulfide) groups is 1. The van der Waals surface area contributed by atoms with Crippen molar-refractivity contribution in [2.24, 2.45) is 0 Å². The second-order valence-corrected chi connectivity index (χ2v) is 6.32. The molecule has 23 heavy (non-hydrogen) atoms. The van der Waals surface area contributed by atoms with Crippen molar-refractivity contribution in [1.82, 2.24) is 5.32 Å². The Labute approximate surface area is 140 Å². The molecule has 0 radical (unpaired) electrons. The van der Waals surface area contributed by atoms with E-state index in [1.54, 1.807) is 0 Å². The monoisotopic (exact) mass is 328 g/mol. The summed E-state index contributed by atoms with van der Waals surface area (Å²) in [6.07, 6.45) is 0. The van der Waals surface area contributed by atoms with Gasteiger partial charge in [0.15, 0.2) is 0 Å². The molecule has 3 amide bonds. The molecule has 2 aromatic rings. The number of hydrogen-bond donors (Lipinski definition) is 2. The quantitative estimate of drug-likeness (QED) is 0.832. The van der Waals surface area contributed by atoms with Crippen LogP contribution in [0, 0.1) is 20.8 Å². The molecule has 2 N–H and O–H groups in total. The molecule has 0 spiro atoms. The fraction of sp³-hybridized carbons (Fsp3) is 0.222. The minimum atomic E-state index is -0.505. The Bertz CT molecular complexity index is 729. The molecule has 0 saturated heterocycles. The number of rotatable bonds is 4. The summed E-state index contributed by atoms with van der Waals surface area (Å²) in [6, 6.07) is 13.0. The SMILES string of the molecule is Cc1ccccc1SCC(=O)NC(=O)Nc1cccc(C)c1C. The molecule has 0 aromatic heterocycles. The lowest BCUT2D eigenvalue weighted by Gasteiger charge is -2.11. The number of amides is 3. The van der Waals surface area contributed by atoms with E-state index in [1.807, 2.05) is 63.2 Å². The third kappa shape index (κ3) is 4.86. The summed E-state index contributed by atoms with van der Waals surface area (Å²) >= 11 is 1.42. The Balaban J connectivity index is 1.86. The summed E-state index contributed by atoms with van der Waals surface area (Å²) in [5.41, 5.74) is 3.90. The van der Waals surface area contributed by atoms with Crippen LogP contribution in [-0.2, 0) is 4.79 Å². The van der Waals surface area contributed by atoms with E-state index in [9.17, 15) is 9.59 Å². The van der Waals surface area contributed by atoms with Gasteiger partial charge in [-0.1, -0.05) is 30.3 Å². The number of urea groups is 1. The Morgan fingerprint density at radius 2 is 1.65 bits per heavy atom. The molecule has 0 aliphatic rings. The summed E-state index contributed by atoms with van der Waals surface area (Å²) in [5, 5.41) is 5.07. The third-order valence-corrected chi connectivity index (χ3v) is 4.73. The molecule has 2 aromatic carbocycles. The number of benzene rings is 2. The standard InChI is InChI=1S/C18H20N2O2S/c1-12-8-6-9-15(14(12)3)19-18(22)20-17(21)11-23-16-10-5-4-7-13(16)2/h4-10H,11H2,1-3H3,(H2,19,20,21,22). The minimum Gasteiger partial charge on any atom is -0.307 e. The van der Waals surface area contributed by atoms with E-state index < -0.39 is 6.03 Å². The normalized spacial score (nSPS) is 10.2. The third-order valence-electron chi connectivity index (χ3n) is 3.56. The van der Waals surface area contributed by atoms with Gasteiger partial charge in [-0.25, -0.2) is 4.79 Å². The van der Waals surface area contributed by atoms with Crippen LogP contribution >= 0.6 is 11.8 Å². The summed E-state index contributed by atoms with van der Waals surface area (Å²) in [7, 11) is 0. The van der Waals surface area contributed by atoms with E-state index in [0.717, 1.165) is 21.6 Å². The maximum Gasteiger partial charge on any atom is 0.325 e. The first kappa shape index (κ1) is 17.1. The van der Waals surface area contributed by atoms with Crippen molar-refractivity contribution >= 4 is 29.4 Å². The first-order valence-corrected chi connectivity index (χ1v) is 8.31. The highest BCUT2D eigenvalue weighted by Gasteiger charge is 2.10. The second kappa shape index (κ2) is 7.83. The lowest BCUT2D eigenvalue weighted by atomic mass is 10.1. The van der Waals surface area contributed by atoms with Crippen LogP contribution in [0.3, 0.4) is 0 Å². The van der Waals surface area contributed by atoms with Crippen LogP contribution in [-0.4, -0.2) is 17.7 Å². The lowest BCUT2D eigenvalue weighted by molar-refractivity contribution is -0.117. The van der Waals surface area contributed by atoms with Gasteiger partial charge in [0.1, 0.15) is 0 Å². The molecule has 0 atom stereocenters. The highest BCUT2D eigenvalue weighted by Crippen LogP contribution is 2.21. The average molecular weight is 328 g/mol. The van der Waals surface area contributed by atoms with Crippen molar-refractivity contribution in [3.8, 4) is 0 Å². The molecule has 4 nitrogen and oxygen atoms in total. The average Bonchev–Trinajstić information content (AvgIpc) is 2.51. The Kier molecular flexibility index (Phi) is 5.82. The minimum absolute atomic E-state index is 0.199. The first-order chi connectivity index (χ1) is 11.0. The zero-order valence-electron chi connectivity index (χ0n) is 13.5. The summed E-state index contributed by atoms with van der Waals surface area (Å²) in [6.45, 7) is 5.90. The van der Waals surface area contributed by atoms with Gasteiger partial charge < -0.3 is 5.32 Å². The molecule has 0 bridgehead atoms. The zero-order chi connectivity index (χ0) is 16.8. The Morgan fingerprint density at radius 3 is 2.39 bits per heavy atom. The van der Waals surface area contributed by atoms with Crippen LogP contribution in [0.4, 0.5) is 10.5 Å². The van der Waals surface area contributed by atoms with E-state index in [0.29, 0.717) is 5.69 Å². The lowest BCUT2D eigenvalue weighted by Crippen LogP contribution is -2.35. The number of hydrogen-bond acceptors (Lipinski definition) is 3. The molecule has 0 unspecified atom stereocenters. The molecule has 0 aliphatic heterocycles. The van der Waals surface area contributed by atoms with Crippen molar-refractivity contribution < 1.29 is 9.59 Å². The molecular formula is C18H20N2O2S. The molecule has 0 aliphatic carbocycles. The molecule has 0 heterocycles. The molecule has 0 saturated carbocycles. The summed E-state index contributed by atoms with van der Waals surface area (Å²) in [5.74, 6) is -0.119. The van der Waals surface area contributed by atoms with Crippen molar-refractivity contribution in [3.05, 3.63) is 59.2 Å². The van der Waals surface area contributed by atoms with Crippen LogP contribution in [0.2, 0.25) is 0 Å². The maximum atomic E-state index is 11.9. The van der Waals surface area contributed by atoms with Gasteiger partial charge in [0.25, 0.3) is 0 Å². The van der Waals surface area contributed by atoms with Crippen LogP contribution in [0.1, 0.15) is 16.7 Å². The number of nitrogens with one attached hydrogen (secondary N) is 2. The predicted molar refractivity (Wildman–Crippen MR) is 95.0 cm³/mol. The number of carbonyl (C=O) groups is 2. The van der Waals surface area contributed by atoms with Crippen molar-refractivity contribution in [2.75, 3.05) is 11.1 Å². The van der Waals surface area contributed by atoms with Gasteiger partial charge in [-0.05, 0) is 49.6 Å². The van der Waals surface area contributed by atoms with Gasteiger partial charge in [-0.3, -0.25) is 10.1 Å². The van der Waals surface area contributed by atoms with Gasteiger partial charge in [0, 0.05) is 10.6 Å². The zero-order valence-corrected chi connectivity index (χ0v) is 14.3. The van der Waals surface area contributed by atoms with E-state index in [4.69, 9.17) is 0 Å². The number of anilines is 1. The summed E-state index contributed by atoms with van der Waals surface area (Å²) < 4.78 is 0. The van der Waals surface area contributed by atoms with Gasteiger partial charge in [0.2, 0.25) is 5.91 Å². The van der Waals surface area contributed by atoms with Gasteiger partial charge in [0.05, 0.1) is 5.75 Å². The smallest absolute Gasteiger partial charge is 0.307 e. The van der Waals surface area contributed by atoms with Gasteiger partial charge in [-0.15, -0.1) is 11.8 Å². The summed E-state index contributed by atoms with van der Waals surface area (Å²) in [4.78, 5) is 24.8. The van der Waals surface area contributed by atoms with Crippen molar-refractivity contribution in [1.29, 1.82) is 0 Å². The van der Waals surface area contributed by atoms with Crippen molar-refractivity contribution in [2.45, 2.75) is 25.7 Å². The van der Waals surface area contributed by atoms with E-state index in [1.165, 1.54) is 11.8 Å². The number of carbonyl (C=O) groups excluding carboxylic acids is 2. The van der Waals surface area contributed by atoms with Crippen LogP contribution in [0.25, 0.3) is 0 Å². The molecule has 0 fully saturated rings. The Hall–Kier alpha value is -2.27. The second-order valence-electron chi connectivity index (χ2n) is 5.30. The highest BCUT2D eigenvalue weighted by atomic mass is 32.2. The van der Waals surface area contributed by atoms with E-state index >= 15 is 0 Å². The van der Waals surface area contributed by atoms with Crippen molar-refractivity contribution in [3.63, 3.8) is 0 Å². The predicted octanol–water partition coefficient (Wildman–Crippen LogP) is 4.05. The van der Waals surface area contributed by atoms with Gasteiger partial charge >= 0.3 is 6.03 Å². The highest BCUT2D eigenvalue weighted by molar-refractivity contribution is 8.00. The largest absolute Gasteiger partial charge is 0.325 e. The van der Waals surface area contributed by atoms with Crippen LogP contribution < -0.4 is 10.6 Å². The molecular weight excluding hydrogens is 308 g/mol. The van der Waals surface area contributed by atoms with Crippen LogP contribution in [0.5, 0.6) is 0 Å². The van der Waals surface area contributed by atoms with E-state index in [2.05, 4.69) is 10.6 Å². The molecule has 5 heteroatoms. The van der Waals surface area contributed by atoms with E-state index in [-0.39, 0.29) is 11.7 Å². The molecule has 120 valence electrons. The van der Waals surface area contributed by atoms with Gasteiger partial charge in [-0.2, -0.15) is 0 Å². The first-order valence-electron chi connectivity index (χ1n) is 7.33. The van der Waals surface area contributed by atoms with Crippen LogP contribution in [0.15, 0.2) is 47.4 Å².